The van der Waals surface area contributed by atoms with Crippen molar-refractivity contribution in [3.05, 3.63) is 35.2 Å². The van der Waals surface area contributed by atoms with E-state index in [1.165, 1.54) is 0 Å². The fraction of sp³-hybridized carbons (Fsp3) is 0.467. The maximum atomic E-state index is 12.5. The van der Waals surface area contributed by atoms with E-state index < -0.39 is 0 Å². The van der Waals surface area contributed by atoms with Crippen LogP contribution in [0, 0.1) is 0 Å². The zero-order chi connectivity index (χ0) is 15.0. The van der Waals surface area contributed by atoms with Gasteiger partial charge in [0.15, 0.2) is 0 Å². The molecule has 0 saturated carbocycles. The number of hydrogen-bond donors (Lipinski definition) is 0. The van der Waals surface area contributed by atoms with Gasteiger partial charge in [0.05, 0.1) is 5.02 Å². The molecule has 1 amide bonds. The molecule has 0 N–H and O–H groups in total. The lowest BCUT2D eigenvalue weighted by Crippen LogP contribution is -2.50. The predicted octanol–water partition coefficient (Wildman–Crippen LogP) is 2.15. The third-order valence-electron chi connectivity index (χ3n) is 3.97. The van der Waals surface area contributed by atoms with E-state index in [1.54, 1.807) is 22.9 Å². The summed E-state index contributed by atoms with van der Waals surface area (Å²) in [5.41, 5.74) is 1.22. The van der Waals surface area contributed by atoms with Gasteiger partial charge in [0.25, 0.3) is 5.91 Å². The first kappa shape index (κ1) is 14.4. The third kappa shape index (κ3) is 2.89. The minimum atomic E-state index is -0.00164. The molecule has 3 rings (SSSR count). The Balaban J connectivity index is 1.75. The van der Waals surface area contributed by atoms with E-state index in [0.717, 1.165) is 31.8 Å². The molecule has 0 radical (unpaired) electrons. The van der Waals surface area contributed by atoms with E-state index in [9.17, 15) is 4.79 Å². The van der Waals surface area contributed by atoms with Gasteiger partial charge in [-0.2, -0.15) is 0 Å². The molecule has 0 bridgehead atoms. The Morgan fingerprint density at radius 3 is 2.57 bits per heavy atom. The van der Waals surface area contributed by atoms with Crippen LogP contribution >= 0.6 is 11.6 Å². The number of hydrogen-bond acceptors (Lipinski definition) is 3. The number of fused-ring (bicyclic) bond motifs is 1. The molecule has 5 nitrogen and oxygen atoms in total. The number of carbonyl (C=O) groups is 1. The Bertz CT molecular complexity index is 659. The van der Waals surface area contributed by atoms with Crippen molar-refractivity contribution in [2.75, 3.05) is 26.2 Å². The molecule has 0 spiro atoms. The van der Waals surface area contributed by atoms with Gasteiger partial charge in [-0.1, -0.05) is 11.6 Å². The SMILES string of the molecule is CC(C)N1CCN(C(=O)c2cn3cc(Cl)ccc3n2)CC1. The third-order valence-corrected chi connectivity index (χ3v) is 4.19. The summed E-state index contributed by atoms with van der Waals surface area (Å²) in [6.45, 7) is 7.72. The number of amides is 1. The Morgan fingerprint density at radius 2 is 1.90 bits per heavy atom. The molecular formula is C15H19ClN4O. The summed E-state index contributed by atoms with van der Waals surface area (Å²) in [5.74, 6) is -0.00164. The van der Waals surface area contributed by atoms with Crippen LogP contribution in [0.15, 0.2) is 24.5 Å². The average molecular weight is 307 g/mol. The molecule has 2 aromatic heterocycles. The molecule has 1 aliphatic rings. The summed E-state index contributed by atoms with van der Waals surface area (Å²) in [6, 6.07) is 4.12. The molecule has 0 atom stereocenters. The lowest BCUT2D eigenvalue weighted by molar-refractivity contribution is 0.0590. The van der Waals surface area contributed by atoms with E-state index in [0.29, 0.717) is 16.8 Å². The highest BCUT2D eigenvalue weighted by atomic mass is 35.5. The summed E-state index contributed by atoms with van der Waals surface area (Å²) < 4.78 is 1.79. The first-order valence-corrected chi connectivity index (χ1v) is 7.60. The Hall–Kier alpha value is -1.59. The van der Waals surface area contributed by atoms with Gasteiger partial charge in [0.1, 0.15) is 11.3 Å². The van der Waals surface area contributed by atoms with E-state index in [2.05, 4.69) is 23.7 Å². The summed E-state index contributed by atoms with van der Waals surface area (Å²) >= 11 is 5.95. The molecular weight excluding hydrogens is 288 g/mol. The molecule has 1 aliphatic heterocycles. The number of nitrogens with zero attached hydrogens (tertiary/aromatic N) is 4. The highest BCUT2D eigenvalue weighted by Crippen LogP contribution is 2.14. The summed E-state index contributed by atoms with van der Waals surface area (Å²) in [7, 11) is 0. The van der Waals surface area contributed by atoms with Crippen molar-refractivity contribution in [3.63, 3.8) is 0 Å². The quantitative estimate of drug-likeness (QED) is 0.853. The molecule has 0 aromatic carbocycles. The second-order valence-electron chi connectivity index (χ2n) is 5.66. The number of aromatic nitrogens is 2. The van der Waals surface area contributed by atoms with E-state index in [4.69, 9.17) is 11.6 Å². The van der Waals surface area contributed by atoms with Crippen LogP contribution in [0.2, 0.25) is 5.02 Å². The van der Waals surface area contributed by atoms with E-state index in [1.807, 2.05) is 11.0 Å². The van der Waals surface area contributed by atoms with Crippen LogP contribution < -0.4 is 0 Å². The topological polar surface area (TPSA) is 40.9 Å². The Kier molecular flexibility index (Phi) is 3.87. The van der Waals surface area contributed by atoms with Crippen LogP contribution in [0.25, 0.3) is 5.65 Å². The van der Waals surface area contributed by atoms with Gasteiger partial charge in [-0.15, -0.1) is 0 Å². The summed E-state index contributed by atoms with van der Waals surface area (Å²) in [4.78, 5) is 21.2. The standard InChI is InChI=1S/C15H19ClN4O/c1-11(2)18-5-7-19(8-6-18)15(21)13-10-20-9-12(16)3-4-14(20)17-13/h3-4,9-11H,5-8H2,1-2H3. The first-order chi connectivity index (χ1) is 10.0. The highest BCUT2D eigenvalue weighted by Gasteiger charge is 2.24. The number of carbonyl (C=O) groups excluding carboxylic acids is 1. The molecule has 1 saturated heterocycles. The van der Waals surface area contributed by atoms with E-state index >= 15 is 0 Å². The molecule has 112 valence electrons. The van der Waals surface area contributed by atoms with Crippen molar-refractivity contribution in [1.82, 2.24) is 19.2 Å². The molecule has 0 aliphatic carbocycles. The lowest BCUT2D eigenvalue weighted by atomic mass is 10.2. The van der Waals surface area contributed by atoms with Crippen LogP contribution in [-0.2, 0) is 0 Å². The maximum Gasteiger partial charge on any atom is 0.274 e. The minimum Gasteiger partial charge on any atom is -0.335 e. The number of halogens is 1. The van der Waals surface area contributed by atoms with Gasteiger partial charge in [-0.25, -0.2) is 4.98 Å². The molecule has 6 heteroatoms. The highest BCUT2D eigenvalue weighted by molar-refractivity contribution is 6.30. The second kappa shape index (κ2) is 5.66. The normalized spacial score (nSPS) is 16.9. The van der Waals surface area contributed by atoms with Gasteiger partial charge < -0.3 is 9.30 Å². The monoisotopic (exact) mass is 306 g/mol. The molecule has 3 heterocycles. The minimum absolute atomic E-state index is 0.00164. The molecule has 21 heavy (non-hydrogen) atoms. The smallest absolute Gasteiger partial charge is 0.274 e. The summed E-state index contributed by atoms with van der Waals surface area (Å²) in [5, 5.41) is 0.629. The largest absolute Gasteiger partial charge is 0.335 e. The van der Waals surface area contributed by atoms with Crippen LogP contribution in [0.4, 0.5) is 0 Å². The molecule has 2 aromatic rings. The Labute approximate surface area is 129 Å². The number of imidazole rings is 1. The van der Waals surface area contributed by atoms with Crippen LogP contribution in [0.1, 0.15) is 24.3 Å². The van der Waals surface area contributed by atoms with Crippen molar-refractivity contribution in [1.29, 1.82) is 0 Å². The fourth-order valence-electron chi connectivity index (χ4n) is 2.67. The molecule has 0 unspecified atom stereocenters. The zero-order valence-corrected chi connectivity index (χ0v) is 13.0. The first-order valence-electron chi connectivity index (χ1n) is 7.22. The zero-order valence-electron chi connectivity index (χ0n) is 12.3. The van der Waals surface area contributed by atoms with E-state index in [-0.39, 0.29) is 5.91 Å². The second-order valence-corrected chi connectivity index (χ2v) is 6.10. The van der Waals surface area contributed by atoms with Gasteiger partial charge in [0, 0.05) is 44.6 Å². The summed E-state index contributed by atoms with van der Waals surface area (Å²) in [6.07, 6.45) is 3.51. The number of pyridine rings is 1. The van der Waals surface area contributed by atoms with Crippen LogP contribution in [0.5, 0.6) is 0 Å². The average Bonchev–Trinajstić information content (AvgIpc) is 2.89. The fourth-order valence-corrected chi connectivity index (χ4v) is 2.84. The van der Waals surface area contributed by atoms with Crippen molar-refractivity contribution >= 4 is 23.2 Å². The van der Waals surface area contributed by atoms with Crippen molar-refractivity contribution in [2.24, 2.45) is 0 Å². The van der Waals surface area contributed by atoms with Crippen molar-refractivity contribution in [3.8, 4) is 0 Å². The van der Waals surface area contributed by atoms with Crippen LogP contribution in [0.3, 0.4) is 0 Å². The van der Waals surface area contributed by atoms with Crippen LogP contribution in [-0.4, -0.2) is 57.3 Å². The Morgan fingerprint density at radius 1 is 1.19 bits per heavy atom. The number of rotatable bonds is 2. The van der Waals surface area contributed by atoms with Gasteiger partial charge in [0.2, 0.25) is 0 Å². The lowest BCUT2D eigenvalue weighted by Gasteiger charge is -2.36. The van der Waals surface area contributed by atoms with Gasteiger partial charge in [-0.05, 0) is 26.0 Å². The predicted molar refractivity (Wildman–Crippen MR) is 82.8 cm³/mol. The van der Waals surface area contributed by atoms with Crippen molar-refractivity contribution in [2.45, 2.75) is 19.9 Å². The van der Waals surface area contributed by atoms with Crippen molar-refractivity contribution < 1.29 is 4.79 Å². The maximum absolute atomic E-state index is 12.5. The van der Waals surface area contributed by atoms with Gasteiger partial charge in [-0.3, -0.25) is 9.69 Å². The van der Waals surface area contributed by atoms with Gasteiger partial charge >= 0.3 is 0 Å². The number of piperazine rings is 1. The molecule has 1 fully saturated rings.